The molecule has 35 heavy (non-hydrogen) atoms. The Bertz CT molecular complexity index is 1540. The molecule has 4 rings (SSSR count). The van der Waals surface area contributed by atoms with Crippen LogP contribution in [0.15, 0.2) is 88.8 Å². The van der Waals surface area contributed by atoms with Crippen LogP contribution in [0.2, 0.25) is 0 Å². The minimum absolute atomic E-state index is 0.0716. The number of esters is 1. The summed E-state index contributed by atoms with van der Waals surface area (Å²) in [4.78, 5) is 29.5. The summed E-state index contributed by atoms with van der Waals surface area (Å²) in [5.74, 6) is -1.01. The molecule has 0 aliphatic carbocycles. The van der Waals surface area contributed by atoms with E-state index in [0.717, 1.165) is 10.2 Å². The number of sulfonamides is 1. The van der Waals surface area contributed by atoms with E-state index in [1.165, 1.54) is 47.0 Å². The van der Waals surface area contributed by atoms with Gasteiger partial charge in [0.2, 0.25) is 0 Å². The van der Waals surface area contributed by atoms with Gasteiger partial charge in [0.1, 0.15) is 6.54 Å². The van der Waals surface area contributed by atoms with Crippen molar-refractivity contribution in [3.8, 4) is 0 Å². The van der Waals surface area contributed by atoms with E-state index in [2.05, 4.69) is 4.99 Å². The molecule has 1 amide bonds. The van der Waals surface area contributed by atoms with Crippen LogP contribution in [0.25, 0.3) is 10.2 Å². The number of carbonyl (C=O) groups excluding carboxylic acids is 2. The second-order valence-electron chi connectivity index (χ2n) is 7.46. The average Bonchev–Trinajstić information content (AvgIpc) is 3.21. The van der Waals surface area contributed by atoms with Gasteiger partial charge in [-0.1, -0.05) is 41.7 Å². The lowest BCUT2D eigenvalue weighted by Gasteiger charge is -2.22. The second kappa shape index (κ2) is 10.2. The summed E-state index contributed by atoms with van der Waals surface area (Å²) in [5, 5.41) is 0. The maximum atomic E-state index is 13.2. The second-order valence-corrected chi connectivity index (χ2v) is 10.3. The number of methoxy groups -OCH3 is 1. The molecule has 0 fully saturated rings. The predicted octanol–water partition coefficient (Wildman–Crippen LogP) is 3.83. The quantitative estimate of drug-likeness (QED) is 0.353. The molecule has 8 nitrogen and oxygen atoms in total. The van der Waals surface area contributed by atoms with Crippen molar-refractivity contribution < 1.29 is 22.7 Å². The number of amides is 1. The average molecular weight is 510 g/mol. The highest BCUT2D eigenvalue weighted by Crippen LogP contribution is 2.23. The number of thiazole rings is 1. The SMILES string of the molecule is CCN(c1ccccc1)S(=O)(=O)c1ccc(C(=O)N=c2sc3ccccc3n2CC(=O)OC)cc1. The Balaban J connectivity index is 1.67. The van der Waals surface area contributed by atoms with Crippen LogP contribution < -0.4 is 9.11 Å². The van der Waals surface area contributed by atoms with Crippen molar-refractivity contribution in [2.75, 3.05) is 18.0 Å². The maximum Gasteiger partial charge on any atom is 0.325 e. The molecule has 0 unspecified atom stereocenters. The lowest BCUT2D eigenvalue weighted by atomic mass is 10.2. The zero-order valence-corrected chi connectivity index (χ0v) is 20.8. The highest BCUT2D eigenvalue weighted by Gasteiger charge is 2.23. The fourth-order valence-electron chi connectivity index (χ4n) is 3.59. The van der Waals surface area contributed by atoms with Crippen LogP contribution in [-0.4, -0.2) is 38.5 Å². The molecule has 1 aromatic heterocycles. The minimum atomic E-state index is -3.81. The van der Waals surface area contributed by atoms with Crippen LogP contribution in [0.5, 0.6) is 0 Å². The summed E-state index contributed by atoms with van der Waals surface area (Å²) in [7, 11) is -2.51. The fraction of sp³-hybridized carbons (Fsp3) is 0.160. The van der Waals surface area contributed by atoms with Crippen molar-refractivity contribution in [3.05, 3.63) is 89.2 Å². The third-order valence-electron chi connectivity index (χ3n) is 5.32. The van der Waals surface area contributed by atoms with E-state index in [0.29, 0.717) is 10.5 Å². The number of benzene rings is 3. The molecule has 0 N–H and O–H groups in total. The third kappa shape index (κ3) is 5.03. The molecule has 0 saturated heterocycles. The molecular weight excluding hydrogens is 486 g/mol. The van der Waals surface area contributed by atoms with Crippen LogP contribution in [0, 0.1) is 0 Å². The Morgan fingerprint density at radius 2 is 1.63 bits per heavy atom. The Morgan fingerprint density at radius 1 is 0.971 bits per heavy atom. The van der Waals surface area contributed by atoms with Gasteiger partial charge in [0, 0.05) is 12.1 Å². The molecule has 0 atom stereocenters. The van der Waals surface area contributed by atoms with E-state index >= 15 is 0 Å². The number of hydrogen-bond acceptors (Lipinski definition) is 6. The number of ether oxygens (including phenoxy) is 1. The molecule has 3 aromatic carbocycles. The molecule has 4 aromatic rings. The summed E-state index contributed by atoms with van der Waals surface area (Å²) in [6.45, 7) is 1.93. The molecule has 0 aliphatic rings. The smallest absolute Gasteiger partial charge is 0.325 e. The van der Waals surface area contributed by atoms with Crippen molar-refractivity contribution in [2.24, 2.45) is 4.99 Å². The summed E-state index contributed by atoms with van der Waals surface area (Å²) in [6, 6.07) is 21.9. The van der Waals surface area contributed by atoms with Crippen molar-refractivity contribution in [1.82, 2.24) is 4.57 Å². The first-order valence-electron chi connectivity index (χ1n) is 10.8. The first-order valence-corrected chi connectivity index (χ1v) is 13.0. The normalized spacial score (nSPS) is 12.0. The van der Waals surface area contributed by atoms with Gasteiger partial charge in [-0.15, -0.1) is 0 Å². The Morgan fingerprint density at radius 3 is 2.29 bits per heavy atom. The van der Waals surface area contributed by atoms with Gasteiger partial charge >= 0.3 is 5.97 Å². The van der Waals surface area contributed by atoms with Gasteiger partial charge in [-0.25, -0.2) is 8.42 Å². The van der Waals surface area contributed by atoms with E-state index in [-0.39, 0.29) is 23.5 Å². The van der Waals surface area contributed by atoms with Crippen LogP contribution in [0.4, 0.5) is 5.69 Å². The molecule has 0 saturated carbocycles. The summed E-state index contributed by atoms with van der Waals surface area (Å²) in [5.41, 5.74) is 1.55. The van der Waals surface area contributed by atoms with Gasteiger partial charge < -0.3 is 9.30 Å². The first kappa shape index (κ1) is 24.4. The van der Waals surface area contributed by atoms with E-state index in [1.54, 1.807) is 35.8 Å². The molecule has 0 radical (unpaired) electrons. The van der Waals surface area contributed by atoms with Gasteiger partial charge in [0.25, 0.3) is 15.9 Å². The number of para-hydroxylation sites is 2. The Kier molecular flexibility index (Phi) is 7.13. The van der Waals surface area contributed by atoms with E-state index in [1.807, 2.05) is 30.3 Å². The minimum Gasteiger partial charge on any atom is -0.468 e. The van der Waals surface area contributed by atoms with Gasteiger partial charge in [0.05, 0.1) is 27.9 Å². The molecule has 180 valence electrons. The zero-order chi connectivity index (χ0) is 25.0. The highest BCUT2D eigenvalue weighted by atomic mass is 32.2. The largest absolute Gasteiger partial charge is 0.468 e. The van der Waals surface area contributed by atoms with Crippen LogP contribution in [0.3, 0.4) is 0 Å². The molecule has 10 heteroatoms. The van der Waals surface area contributed by atoms with Crippen LogP contribution >= 0.6 is 11.3 Å². The number of anilines is 1. The predicted molar refractivity (Wildman–Crippen MR) is 135 cm³/mol. The van der Waals surface area contributed by atoms with Crippen molar-refractivity contribution in [3.63, 3.8) is 0 Å². The number of aromatic nitrogens is 1. The van der Waals surface area contributed by atoms with Gasteiger partial charge in [0.15, 0.2) is 4.80 Å². The van der Waals surface area contributed by atoms with Gasteiger partial charge in [-0.2, -0.15) is 4.99 Å². The van der Waals surface area contributed by atoms with E-state index < -0.39 is 21.9 Å². The number of nitrogens with zero attached hydrogens (tertiary/aromatic N) is 3. The monoisotopic (exact) mass is 509 g/mol. The molecule has 0 bridgehead atoms. The molecule has 1 heterocycles. The summed E-state index contributed by atoms with van der Waals surface area (Å²) in [6.07, 6.45) is 0. The maximum absolute atomic E-state index is 13.2. The van der Waals surface area contributed by atoms with Crippen molar-refractivity contribution in [1.29, 1.82) is 0 Å². The Labute approximate surface area is 206 Å². The Hall–Kier alpha value is -3.76. The van der Waals surface area contributed by atoms with Crippen LogP contribution in [-0.2, 0) is 26.1 Å². The topological polar surface area (TPSA) is 98.0 Å². The number of hydrogen-bond donors (Lipinski definition) is 0. The molecule has 0 aliphatic heterocycles. The lowest BCUT2D eigenvalue weighted by molar-refractivity contribution is -0.141. The molecule has 0 spiro atoms. The zero-order valence-electron chi connectivity index (χ0n) is 19.1. The highest BCUT2D eigenvalue weighted by molar-refractivity contribution is 7.92. The fourth-order valence-corrected chi connectivity index (χ4v) is 6.09. The lowest BCUT2D eigenvalue weighted by Crippen LogP contribution is -2.30. The number of rotatable bonds is 7. The van der Waals surface area contributed by atoms with Gasteiger partial charge in [-0.05, 0) is 55.5 Å². The van der Waals surface area contributed by atoms with Crippen molar-refractivity contribution >= 4 is 49.1 Å². The van der Waals surface area contributed by atoms with Crippen molar-refractivity contribution in [2.45, 2.75) is 18.4 Å². The van der Waals surface area contributed by atoms with E-state index in [9.17, 15) is 18.0 Å². The number of fused-ring (bicyclic) bond motifs is 1. The first-order chi connectivity index (χ1) is 16.8. The van der Waals surface area contributed by atoms with E-state index in [4.69, 9.17) is 4.74 Å². The summed E-state index contributed by atoms with van der Waals surface area (Å²) < 4.78 is 34.9. The molecular formula is C25H23N3O5S2. The van der Waals surface area contributed by atoms with Crippen LogP contribution in [0.1, 0.15) is 17.3 Å². The summed E-state index contributed by atoms with van der Waals surface area (Å²) >= 11 is 1.28. The van der Waals surface area contributed by atoms with Gasteiger partial charge in [-0.3, -0.25) is 13.9 Å². The standard InChI is InChI=1S/C25H23N3O5S2/c1-3-28(19-9-5-4-6-10-19)35(31,32)20-15-13-18(14-16-20)24(30)26-25-27(17-23(29)33-2)21-11-7-8-12-22(21)34-25/h4-16H,3,17H2,1-2H3. The number of carbonyl (C=O) groups is 2. The third-order valence-corrected chi connectivity index (χ3v) is 8.30.